The Morgan fingerprint density at radius 1 is 1.21 bits per heavy atom. The fraction of sp³-hybridized carbons (Fsp3) is 0.625. The predicted octanol–water partition coefficient (Wildman–Crippen LogP) is 4.34. The molecule has 1 aromatic rings. The van der Waals surface area contributed by atoms with Crippen LogP contribution in [0.2, 0.25) is 5.02 Å². The minimum Gasteiger partial charge on any atom is -0.381 e. The summed E-state index contributed by atoms with van der Waals surface area (Å²) in [7, 11) is 1.82. The van der Waals surface area contributed by atoms with Crippen LogP contribution >= 0.6 is 11.6 Å². The number of ether oxygens (including phenoxy) is 1. The van der Waals surface area contributed by atoms with Crippen LogP contribution in [0.1, 0.15) is 50.6 Å². The largest absolute Gasteiger partial charge is 0.381 e. The Hall–Kier alpha value is -0.570. The van der Waals surface area contributed by atoms with Crippen molar-refractivity contribution in [1.82, 2.24) is 5.32 Å². The molecule has 1 N–H and O–H groups in total. The third-order valence-electron chi connectivity index (χ3n) is 4.13. The SMILES string of the molecule is CCC(NC1CCC(OC)CC1)c1ccc(Cl)cc1. The minimum absolute atomic E-state index is 0.432. The molecule has 1 atom stereocenters. The van der Waals surface area contributed by atoms with E-state index in [1.54, 1.807) is 0 Å². The van der Waals surface area contributed by atoms with E-state index in [1.807, 2.05) is 19.2 Å². The molecule has 0 aromatic heterocycles. The van der Waals surface area contributed by atoms with Crippen molar-refractivity contribution >= 4 is 11.6 Å². The first-order valence-electron chi connectivity index (χ1n) is 7.27. The van der Waals surface area contributed by atoms with Gasteiger partial charge < -0.3 is 10.1 Å². The lowest BCUT2D eigenvalue weighted by molar-refractivity contribution is 0.0610. The van der Waals surface area contributed by atoms with Crippen molar-refractivity contribution < 1.29 is 4.74 Å². The van der Waals surface area contributed by atoms with Gasteiger partial charge >= 0.3 is 0 Å². The fourth-order valence-electron chi connectivity index (χ4n) is 2.89. The second-order valence-corrected chi connectivity index (χ2v) is 5.82. The van der Waals surface area contributed by atoms with Gasteiger partial charge in [0, 0.05) is 24.2 Å². The normalized spacial score (nSPS) is 25.2. The number of nitrogens with one attached hydrogen (secondary N) is 1. The van der Waals surface area contributed by atoms with Gasteiger partial charge in [-0.1, -0.05) is 30.7 Å². The Morgan fingerprint density at radius 3 is 2.37 bits per heavy atom. The van der Waals surface area contributed by atoms with Gasteiger partial charge in [0.05, 0.1) is 6.10 Å². The van der Waals surface area contributed by atoms with Crippen molar-refractivity contribution in [3.05, 3.63) is 34.9 Å². The van der Waals surface area contributed by atoms with E-state index in [2.05, 4.69) is 24.4 Å². The van der Waals surface area contributed by atoms with E-state index in [0.29, 0.717) is 18.2 Å². The molecular weight excluding hydrogens is 258 g/mol. The molecule has 19 heavy (non-hydrogen) atoms. The van der Waals surface area contributed by atoms with E-state index < -0.39 is 0 Å². The second kappa shape index (κ2) is 7.28. The summed E-state index contributed by atoms with van der Waals surface area (Å²) in [5.74, 6) is 0. The number of benzene rings is 1. The number of methoxy groups -OCH3 is 1. The number of rotatable bonds is 5. The lowest BCUT2D eigenvalue weighted by Crippen LogP contribution is -2.37. The Morgan fingerprint density at radius 2 is 1.84 bits per heavy atom. The summed E-state index contributed by atoms with van der Waals surface area (Å²) < 4.78 is 5.43. The van der Waals surface area contributed by atoms with Gasteiger partial charge in [0.1, 0.15) is 0 Å². The molecule has 1 fully saturated rings. The van der Waals surface area contributed by atoms with E-state index >= 15 is 0 Å². The summed E-state index contributed by atoms with van der Waals surface area (Å²) in [4.78, 5) is 0. The van der Waals surface area contributed by atoms with Crippen LogP contribution in [-0.4, -0.2) is 19.3 Å². The highest BCUT2D eigenvalue weighted by atomic mass is 35.5. The van der Waals surface area contributed by atoms with Crippen molar-refractivity contribution in [2.75, 3.05) is 7.11 Å². The molecule has 0 heterocycles. The predicted molar refractivity (Wildman–Crippen MR) is 80.7 cm³/mol. The lowest BCUT2D eigenvalue weighted by Gasteiger charge is -2.31. The molecule has 106 valence electrons. The van der Waals surface area contributed by atoms with E-state index in [1.165, 1.54) is 31.2 Å². The van der Waals surface area contributed by atoms with E-state index in [9.17, 15) is 0 Å². The summed E-state index contributed by atoms with van der Waals surface area (Å²) in [5, 5.41) is 4.59. The maximum Gasteiger partial charge on any atom is 0.0572 e. The van der Waals surface area contributed by atoms with Gasteiger partial charge in [0.25, 0.3) is 0 Å². The van der Waals surface area contributed by atoms with Crippen LogP contribution in [0, 0.1) is 0 Å². The third-order valence-corrected chi connectivity index (χ3v) is 4.38. The zero-order valence-electron chi connectivity index (χ0n) is 11.9. The standard InChI is InChI=1S/C16H24ClNO/c1-3-16(12-4-6-13(17)7-5-12)18-14-8-10-15(19-2)11-9-14/h4-7,14-16,18H,3,8-11H2,1-2H3. The van der Waals surface area contributed by atoms with Crippen LogP contribution in [0.15, 0.2) is 24.3 Å². The minimum atomic E-state index is 0.432. The van der Waals surface area contributed by atoms with E-state index in [0.717, 1.165) is 11.4 Å². The summed E-state index contributed by atoms with van der Waals surface area (Å²) in [6.07, 6.45) is 6.33. The van der Waals surface area contributed by atoms with Crippen LogP contribution in [-0.2, 0) is 4.74 Å². The first kappa shape index (κ1) is 14.8. The molecule has 1 aliphatic carbocycles. The molecule has 0 spiro atoms. The monoisotopic (exact) mass is 281 g/mol. The summed E-state index contributed by atoms with van der Waals surface area (Å²) in [5.41, 5.74) is 1.33. The van der Waals surface area contributed by atoms with E-state index in [-0.39, 0.29) is 0 Å². The molecular formula is C16H24ClNO. The molecule has 2 nitrogen and oxygen atoms in total. The van der Waals surface area contributed by atoms with Gasteiger partial charge in [-0.2, -0.15) is 0 Å². The molecule has 1 aliphatic rings. The quantitative estimate of drug-likeness (QED) is 0.867. The highest BCUT2D eigenvalue weighted by Crippen LogP contribution is 2.25. The Balaban J connectivity index is 1.91. The van der Waals surface area contributed by atoms with Crippen LogP contribution in [0.5, 0.6) is 0 Å². The van der Waals surface area contributed by atoms with Gasteiger partial charge in [0.15, 0.2) is 0 Å². The van der Waals surface area contributed by atoms with Gasteiger partial charge in [-0.15, -0.1) is 0 Å². The highest BCUT2D eigenvalue weighted by Gasteiger charge is 2.22. The van der Waals surface area contributed by atoms with Crippen LogP contribution < -0.4 is 5.32 Å². The first-order valence-corrected chi connectivity index (χ1v) is 7.65. The maximum absolute atomic E-state index is 5.95. The average Bonchev–Trinajstić information content (AvgIpc) is 2.46. The number of halogens is 1. The Labute approximate surface area is 121 Å². The first-order chi connectivity index (χ1) is 9.22. The molecule has 0 aliphatic heterocycles. The maximum atomic E-state index is 5.95. The number of hydrogen-bond donors (Lipinski definition) is 1. The van der Waals surface area contributed by atoms with Crippen molar-refractivity contribution in [1.29, 1.82) is 0 Å². The van der Waals surface area contributed by atoms with Crippen LogP contribution in [0.3, 0.4) is 0 Å². The third kappa shape index (κ3) is 4.20. The molecule has 2 rings (SSSR count). The molecule has 0 amide bonds. The molecule has 1 unspecified atom stereocenters. The van der Waals surface area contributed by atoms with Gasteiger partial charge in [0.2, 0.25) is 0 Å². The van der Waals surface area contributed by atoms with Crippen molar-refractivity contribution in [2.24, 2.45) is 0 Å². The smallest absolute Gasteiger partial charge is 0.0572 e. The zero-order chi connectivity index (χ0) is 13.7. The fourth-order valence-corrected chi connectivity index (χ4v) is 3.02. The molecule has 3 heteroatoms. The lowest BCUT2D eigenvalue weighted by atomic mass is 9.91. The summed E-state index contributed by atoms with van der Waals surface area (Å²) in [6, 6.07) is 9.26. The number of hydrogen-bond acceptors (Lipinski definition) is 2. The van der Waals surface area contributed by atoms with Gasteiger partial charge in [-0.25, -0.2) is 0 Å². The van der Waals surface area contributed by atoms with Crippen molar-refractivity contribution in [3.63, 3.8) is 0 Å². The molecule has 1 aromatic carbocycles. The average molecular weight is 282 g/mol. The van der Waals surface area contributed by atoms with E-state index in [4.69, 9.17) is 16.3 Å². The Bertz CT molecular complexity index is 371. The second-order valence-electron chi connectivity index (χ2n) is 5.39. The summed E-state index contributed by atoms with van der Waals surface area (Å²) in [6.45, 7) is 2.23. The molecule has 0 radical (unpaired) electrons. The summed E-state index contributed by atoms with van der Waals surface area (Å²) >= 11 is 5.95. The highest BCUT2D eigenvalue weighted by molar-refractivity contribution is 6.30. The molecule has 0 saturated heterocycles. The van der Waals surface area contributed by atoms with Crippen LogP contribution in [0.25, 0.3) is 0 Å². The van der Waals surface area contributed by atoms with Gasteiger partial charge in [-0.05, 0) is 49.8 Å². The van der Waals surface area contributed by atoms with Crippen molar-refractivity contribution in [3.8, 4) is 0 Å². The van der Waals surface area contributed by atoms with Crippen molar-refractivity contribution in [2.45, 2.75) is 57.2 Å². The molecule has 0 bridgehead atoms. The van der Waals surface area contributed by atoms with Gasteiger partial charge in [-0.3, -0.25) is 0 Å². The zero-order valence-corrected chi connectivity index (χ0v) is 12.6. The molecule has 1 saturated carbocycles. The topological polar surface area (TPSA) is 21.3 Å². The van der Waals surface area contributed by atoms with Crippen LogP contribution in [0.4, 0.5) is 0 Å². The Kier molecular flexibility index (Phi) is 5.68.